The highest BCUT2D eigenvalue weighted by Crippen LogP contribution is 2.42. The summed E-state index contributed by atoms with van der Waals surface area (Å²) in [5.41, 5.74) is 5.69. The molecular weight excluding hydrogens is 563 g/mol. The zero-order valence-electron chi connectivity index (χ0n) is 22.0. The molecule has 0 atom stereocenters. The van der Waals surface area contributed by atoms with Crippen molar-refractivity contribution in [3.63, 3.8) is 0 Å². The van der Waals surface area contributed by atoms with Crippen LogP contribution >= 0.6 is 23.2 Å². The summed E-state index contributed by atoms with van der Waals surface area (Å²) in [6.07, 6.45) is 5.50. The van der Waals surface area contributed by atoms with Gasteiger partial charge in [0.05, 0.1) is 27.2 Å². The lowest BCUT2D eigenvalue weighted by molar-refractivity contribution is 0.0226. The number of nitrogens with zero attached hydrogens (tertiary/aromatic N) is 2. The van der Waals surface area contributed by atoms with Gasteiger partial charge in [0, 0.05) is 37.8 Å². The van der Waals surface area contributed by atoms with Crippen LogP contribution in [0.5, 0.6) is 5.75 Å². The van der Waals surface area contributed by atoms with E-state index in [0.717, 1.165) is 66.9 Å². The average molecular weight is 594 g/mol. The topological polar surface area (TPSA) is 59.5 Å². The standard InChI is InChI=1S/C32H30Cl2N2O3S/c33-29-10-9-28(20-30(29)34)36-17-14-32(15-18-36)13-12-26-19-25(8-11-31(26)39-32)24-6-4-23(5-7-24)21-40(37,38)22-27-3-1-2-16-35-27/h1-11,16,19-20H,12-15,17-18,21-22H2. The molecule has 206 valence electrons. The van der Waals surface area contributed by atoms with E-state index >= 15 is 0 Å². The fourth-order valence-corrected chi connectivity index (χ4v) is 7.43. The molecule has 2 aliphatic heterocycles. The number of piperidine rings is 1. The lowest BCUT2D eigenvalue weighted by atomic mass is 9.82. The van der Waals surface area contributed by atoms with Crippen molar-refractivity contribution in [1.82, 2.24) is 4.98 Å². The van der Waals surface area contributed by atoms with Gasteiger partial charge in [0.1, 0.15) is 11.4 Å². The van der Waals surface area contributed by atoms with E-state index in [2.05, 4.69) is 28.1 Å². The number of hydrogen-bond donors (Lipinski definition) is 0. The number of sulfone groups is 1. The summed E-state index contributed by atoms with van der Waals surface area (Å²) in [5.74, 6) is 0.900. The van der Waals surface area contributed by atoms with E-state index < -0.39 is 9.84 Å². The molecule has 3 aromatic carbocycles. The van der Waals surface area contributed by atoms with Crippen molar-refractivity contribution in [2.45, 2.75) is 42.8 Å². The first-order valence-electron chi connectivity index (χ1n) is 13.5. The van der Waals surface area contributed by atoms with Crippen molar-refractivity contribution >= 4 is 38.7 Å². The molecule has 1 aromatic heterocycles. The Bertz CT molecular complexity index is 1620. The van der Waals surface area contributed by atoms with Crippen LogP contribution in [0.4, 0.5) is 5.69 Å². The lowest BCUT2D eigenvalue weighted by Crippen LogP contribution is -2.49. The summed E-state index contributed by atoms with van der Waals surface area (Å²) in [7, 11) is -3.31. The molecule has 0 saturated carbocycles. The van der Waals surface area contributed by atoms with Gasteiger partial charge >= 0.3 is 0 Å². The number of anilines is 1. The highest BCUT2D eigenvalue weighted by Gasteiger charge is 2.39. The highest BCUT2D eigenvalue weighted by atomic mass is 35.5. The van der Waals surface area contributed by atoms with Crippen LogP contribution in [-0.2, 0) is 27.8 Å². The molecule has 40 heavy (non-hydrogen) atoms. The maximum atomic E-state index is 12.7. The first kappa shape index (κ1) is 27.1. The van der Waals surface area contributed by atoms with E-state index in [0.29, 0.717) is 15.7 Å². The summed E-state index contributed by atoms with van der Waals surface area (Å²) < 4.78 is 32.0. The third-order valence-electron chi connectivity index (χ3n) is 7.95. The predicted octanol–water partition coefficient (Wildman–Crippen LogP) is 7.53. The number of ether oxygens (including phenoxy) is 1. The molecule has 6 rings (SSSR count). The summed E-state index contributed by atoms with van der Waals surface area (Å²) in [5, 5.41) is 1.16. The van der Waals surface area contributed by atoms with Gasteiger partial charge < -0.3 is 9.64 Å². The van der Waals surface area contributed by atoms with Crippen molar-refractivity contribution in [1.29, 1.82) is 0 Å². The van der Waals surface area contributed by atoms with Crippen LogP contribution in [0.3, 0.4) is 0 Å². The molecule has 5 nitrogen and oxygen atoms in total. The number of benzene rings is 3. The van der Waals surface area contributed by atoms with Gasteiger partial charge in [0.2, 0.25) is 0 Å². The molecule has 2 aliphatic rings. The van der Waals surface area contributed by atoms with Crippen molar-refractivity contribution in [3.8, 4) is 16.9 Å². The number of hydrogen-bond acceptors (Lipinski definition) is 5. The summed E-state index contributed by atoms with van der Waals surface area (Å²) >= 11 is 12.3. The van der Waals surface area contributed by atoms with Gasteiger partial charge in [-0.25, -0.2) is 8.42 Å². The molecule has 1 spiro atoms. The van der Waals surface area contributed by atoms with Gasteiger partial charge in [-0.15, -0.1) is 0 Å². The van der Waals surface area contributed by atoms with E-state index in [1.807, 2.05) is 42.5 Å². The minimum atomic E-state index is -3.31. The fourth-order valence-electron chi connectivity index (χ4n) is 5.71. The zero-order chi connectivity index (χ0) is 27.7. The van der Waals surface area contributed by atoms with Gasteiger partial charge in [0.25, 0.3) is 0 Å². The average Bonchev–Trinajstić information content (AvgIpc) is 2.95. The van der Waals surface area contributed by atoms with Crippen LogP contribution in [0.25, 0.3) is 11.1 Å². The van der Waals surface area contributed by atoms with E-state index in [4.69, 9.17) is 27.9 Å². The predicted molar refractivity (Wildman–Crippen MR) is 162 cm³/mol. The number of fused-ring (bicyclic) bond motifs is 1. The molecular formula is C32H30Cl2N2O3S. The zero-order valence-corrected chi connectivity index (χ0v) is 24.4. The van der Waals surface area contributed by atoms with E-state index in [1.54, 1.807) is 24.4 Å². The Labute approximate surface area is 245 Å². The van der Waals surface area contributed by atoms with Gasteiger partial charge in [-0.1, -0.05) is 59.6 Å². The molecule has 0 unspecified atom stereocenters. The van der Waals surface area contributed by atoms with Crippen molar-refractivity contribution in [2.75, 3.05) is 18.0 Å². The van der Waals surface area contributed by atoms with Crippen LogP contribution < -0.4 is 9.64 Å². The van der Waals surface area contributed by atoms with Crippen LogP contribution in [0.2, 0.25) is 10.0 Å². The number of aromatic nitrogens is 1. The van der Waals surface area contributed by atoms with Gasteiger partial charge in [-0.05, 0) is 77.6 Å². The normalized spacial score (nSPS) is 16.4. The monoisotopic (exact) mass is 592 g/mol. The van der Waals surface area contributed by atoms with E-state index in [-0.39, 0.29) is 17.1 Å². The van der Waals surface area contributed by atoms with Gasteiger partial charge in [-0.2, -0.15) is 0 Å². The van der Waals surface area contributed by atoms with Crippen LogP contribution in [0.15, 0.2) is 85.1 Å². The van der Waals surface area contributed by atoms with Crippen LogP contribution in [-0.4, -0.2) is 32.1 Å². The third kappa shape index (κ3) is 5.99. The molecule has 0 N–H and O–H groups in total. The minimum absolute atomic E-state index is 0.00749. The summed E-state index contributed by atoms with van der Waals surface area (Å²) in [6.45, 7) is 1.82. The fraction of sp³-hybridized carbons (Fsp3) is 0.281. The second-order valence-corrected chi connectivity index (χ2v) is 13.6. The SMILES string of the molecule is O=S(=O)(Cc1ccc(-c2ccc3c(c2)CCC2(CCN(c4ccc(Cl)c(Cl)c4)CC2)O3)cc1)Cc1ccccn1. The molecule has 4 aromatic rings. The van der Waals surface area contributed by atoms with Crippen molar-refractivity contribution < 1.29 is 13.2 Å². The summed E-state index contributed by atoms with van der Waals surface area (Å²) in [4.78, 5) is 6.49. The van der Waals surface area contributed by atoms with Gasteiger partial charge in [0.15, 0.2) is 9.84 Å². The molecule has 1 saturated heterocycles. The first-order chi connectivity index (χ1) is 19.3. The van der Waals surface area contributed by atoms with Crippen molar-refractivity contribution in [3.05, 3.63) is 112 Å². The smallest absolute Gasteiger partial charge is 0.160 e. The minimum Gasteiger partial charge on any atom is -0.487 e. The molecule has 3 heterocycles. The lowest BCUT2D eigenvalue weighted by Gasteiger charge is -2.45. The second kappa shape index (κ2) is 11.1. The molecule has 8 heteroatoms. The summed E-state index contributed by atoms with van der Waals surface area (Å²) in [6, 6.07) is 25.3. The van der Waals surface area contributed by atoms with Crippen LogP contribution in [0.1, 0.15) is 36.1 Å². The van der Waals surface area contributed by atoms with Crippen molar-refractivity contribution in [2.24, 2.45) is 0 Å². The Kier molecular flexibility index (Phi) is 7.51. The first-order valence-corrected chi connectivity index (χ1v) is 16.1. The third-order valence-corrected chi connectivity index (χ3v) is 10.2. The highest BCUT2D eigenvalue weighted by molar-refractivity contribution is 7.89. The molecule has 0 bridgehead atoms. The number of pyridine rings is 1. The Balaban J connectivity index is 1.09. The number of halogens is 2. The molecule has 0 aliphatic carbocycles. The second-order valence-electron chi connectivity index (χ2n) is 10.7. The number of aryl methyl sites for hydroxylation is 1. The Hall–Kier alpha value is -3.06. The van der Waals surface area contributed by atoms with E-state index in [9.17, 15) is 8.42 Å². The maximum absolute atomic E-state index is 12.7. The maximum Gasteiger partial charge on any atom is 0.160 e. The molecule has 0 amide bonds. The van der Waals surface area contributed by atoms with Crippen LogP contribution in [0, 0.1) is 0 Å². The molecule has 1 fully saturated rings. The Morgan fingerprint density at radius 3 is 2.33 bits per heavy atom. The Morgan fingerprint density at radius 2 is 1.60 bits per heavy atom. The van der Waals surface area contributed by atoms with Gasteiger partial charge in [-0.3, -0.25) is 4.98 Å². The quantitative estimate of drug-likeness (QED) is 0.231. The largest absolute Gasteiger partial charge is 0.487 e. The van der Waals surface area contributed by atoms with E-state index in [1.165, 1.54) is 5.56 Å². The Morgan fingerprint density at radius 1 is 0.825 bits per heavy atom. The number of rotatable bonds is 6. The molecule has 0 radical (unpaired) electrons.